The molecule has 0 bridgehead atoms. The van der Waals surface area contributed by atoms with Crippen LogP contribution in [0, 0.1) is 0 Å². The fourth-order valence-electron chi connectivity index (χ4n) is 2.36. The summed E-state index contributed by atoms with van der Waals surface area (Å²) in [6.07, 6.45) is 2.16. The molecule has 1 unspecified atom stereocenters. The van der Waals surface area contributed by atoms with Crippen molar-refractivity contribution in [1.29, 1.82) is 0 Å². The molecular weight excluding hydrogens is 368 g/mol. The third-order valence-electron chi connectivity index (χ3n) is 3.69. The first-order valence-electron chi connectivity index (χ1n) is 7.68. The first-order chi connectivity index (χ1) is 11.9. The van der Waals surface area contributed by atoms with E-state index in [4.69, 9.17) is 4.74 Å². The highest BCUT2D eigenvalue weighted by atomic mass is 32.2. The minimum Gasteiger partial charge on any atom is -0.480 e. The highest BCUT2D eigenvalue weighted by Gasteiger charge is 2.32. The molecule has 1 fully saturated rings. The number of hydrogen-bond donors (Lipinski definition) is 2. The Labute approximate surface area is 150 Å². The van der Waals surface area contributed by atoms with Gasteiger partial charge >= 0.3 is 5.97 Å². The molecule has 10 heteroatoms. The third-order valence-corrected chi connectivity index (χ3v) is 6.67. The average Bonchev–Trinajstić information content (AvgIpc) is 3.09. The number of nitrogens with zero attached hydrogens (tertiary/aromatic N) is 1. The third kappa shape index (κ3) is 4.66. The van der Waals surface area contributed by atoms with Crippen molar-refractivity contribution in [3.63, 3.8) is 0 Å². The predicted octanol–water partition coefficient (Wildman–Crippen LogP) is 0.918. The zero-order valence-corrected chi connectivity index (χ0v) is 15.1. The van der Waals surface area contributed by atoms with Gasteiger partial charge in [-0.25, -0.2) is 13.2 Å². The van der Waals surface area contributed by atoms with E-state index < -0.39 is 27.9 Å². The van der Waals surface area contributed by atoms with E-state index in [9.17, 15) is 23.1 Å². The lowest BCUT2D eigenvalue weighted by Crippen LogP contribution is -2.42. The van der Waals surface area contributed by atoms with Gasteiger partial charge in [0.05, 0.1) is 13.2 Å². The largest absolute Gasteiger partial charge is 0.480 e. The number of allylic oxidation sites excluding steroid dienone is 1. The minimum atomic E-state index is -3.83. The van der Waals surface area contributed by atoms with Crippen LogP contribution in [0.2, 0.25) is 0 Å². The number of thiophene rings is 1. The van der Waals surface area contributed by atoms with Gasteiger partial charge in [-0.3, -0.25) is 4.79 Å². The Morgan fingerprint density at radius 2 is 2.12 bits per heavy atom. The Bertz CT molecular complexity index is 737. The molecule has 1 aliphatic heterocycles. The smallest absolute Gasteiger partial charge is 0.326 e. The molecule has 0 spiro atoms. The number of amides is 1. The van der Waals surface area contributed by atoms with E-state index in [0.717, 1.165) is 11.3 Å². The van der Waals surface area contributed by atoms with Crippen molar-refractivity contribution in [1.82, 2.24) is 9.62 Å². The number of morpholine rings is 1. The van der Waals surface area contributed by atoms with Crippen molar-refractivity contribution in [2.75, 3.05) is 26.3 Å². The number of carbonyl (C=O) groups is 2. The van der Waals surface area contributed by atoms with E-state index >= 15 is 0 Å². The summed E-state index contributed by atoms with van der Waals surface area (Å²) < 4.78 is 31.9. The molecule has 2 heterocycles. The molecule has 8 nitrogen and oxygen atoms in total. The van der Waals surface area contributed by atoms with Crippen molar-refractivity contribution in [3.05, 3.63) is 29.0 Å². The van der Waals surface area contributed by atoms with Gasteiger partial charge in [-0.1, -0.05) is 6.08 Å². The zero-order chi connectivity index (χ0) is 18.4. The number of rotatable bonds is 8. The van der Waals surface area contributed by atoms with Crippen LogP contribution >= 0.6 is 11.3 Å². The quantitative estimate of drug-likeness (QED) is 0.640. The van der Waals surface area contributed by atoms with E-state index in [1.165, 1.54) is 15.8 Å². The number of carbonyl (C=O) groups excluding carboxylic acids is 1. The van der Waals surface area contributed by atoms with Gasteiger partial charge < -0.3 is 15.2 Å². The maximum atomic E-state index is 12.7. The molecule has 1 aromatic rings. The molecule has 0 aliphatic carbocycles. The molecule has 0 radical (unpaired) electrons. The zero-order valence-electron chi connectivity index (χ0n) is 13.5. The lowest BCUT2D eigenvalue weighted by molar-refractivity contribution is -0.139. The summed E-state index contributed by atoms with van der Waals surface area (Å²) in [5.41, 5.74) is 0. The molecule has 1 aromatic heterocycles. The number of ether oxygens (including phenoxy) is 1. The van der Waals surface area contributed by atoms with E-state index in [0.29, 0.717) is 19.6 Å². The molecule has 0 saturated carbocycles. The topological polar surface area (TPSA) is 113 Å². The van der Waals surface area contributed by atoms with E-state index in [-0.39, 0.29) is 29.3 Å². The first kappa shape index (κ1) is 19.6. The number of hydrogen-bond acceptors (Lipinski definition) is 6. The van der Waals surface area contributed by atoms with Gasteiger partial charge in [0.25, 0.3) is 5.91 Å². The number of carboxylic acid groups (broad SMARTS) is 1. The number of nitrogens with one attached hydrogen (secondary N) is 1. The summed E-state index contributed by atoms with van der Waals surface area (Å²) in [5.74, 6) is -1.89. The number of carboxylic acids is 1. The van der Waals surface area contributed by atoms with Crippen molar-refractivity contribution >= 4 is 33.2 Å². The van der Waals surface area contributed by atoms with Crippen LogP contribution < -0.4 is 5.32 Å². The van der Waals surface area contributed by atoms with Gasteiger partial charge in [0.1, 0.15) is 15.8 Å². The Kier molecular flexibility index (Phi) is 6.71. The molecule has 2 rings (SSSR count). The standard InChI is InChI=1S/C15H20N2O6S2/c1-2-3-4-11(15(19)20)16-14(18)13-12(5-10-24-13)25(21,22)17-6-8-23-9-7-17/h2,5,10-11H,1,3-4,6-9H2,(H,16,18)(H,19,20). The van der Waals surface area contributed by atoms with Crippen molar-refractivity contribution in [3.8, 4) is 0 Å². The number of aliphatic carboxylic acids is 1. The molecule has 1 aliphatic rings. The molecule has 138 valence electrons. The summed E-state index contributed by atoms with van der Waals surface area (Å²) in [5, 5.41) is 13.1. The number of sulfonamides is 1. The van der Waals surface area contributed by atoms with E-state index in [1.807, 2.05) is 0 Å². The van der Waals surface area contributed by atoms with Gasteiger partial charge in [-0.15, -0.1) is 17.9 Å². The summed E-state index contributed by atoms with van der Waals surface area (Å²) in [7, 11) is -3.83. The summed E-state index contributed by atoms with van der Waals surface area (Å²) in [6, 6.07) is 0.260. The minimum absolute atomic E-state index is 0.0173. The van der Waals surface area contributed by atoms with Crippen molar-refractivity contribution < 1.29 is 27.9 Å². The van der Waals surface area contributed by atoms with Gasteiger partial charge in [0.2, 0.25) is 10.0 Å². The highest BCUT2D eigenvalue weighted by molar-refractivity contribution is 7.89. The molecule has 0 aromatic carbocycles. The normalized spacial score (nSPS) is 17.0. The van der Waals surface area contributed by atoms with Crippen LogP contribution in [0.25, 0.3) is 0 Å². The second kappa shape index (κ2) is 8.56. The SMILES string of the molecule is C=CCCC(NC(=O)c1sccc1S(=O)(=O)N1CCOCC1)C(=O)O. The first-order valence-corrected chi connectivity index (χ1v) is 10.00. The van der Waals surface area contributed by atoms with Gasteiger partial charge in [0, 0.05) is 13.1 Å². The predicted molar refractivity (Wildman–Crippen MR) is 92.2 cm³/mol. The molecule has 1 amide bonds. The summed E-state index contributed by atoms with van der Waals surface area (Å²) in [6.45, 7) is 4.56. The monoisotopic (exact) mass is 388 g/mol. The lowest BCUT2D eigenvalue weighted by atomic mass is 10.1. The summed E-state index contributed by atoms with van der Waals surface area (Å²) in [4.78, 5) is 23.6. The van der Waals surface area contributed by atoms with Crippen LogP contribution in [0.3, 0.4) is 0 Å². The lowest BCUT2D eigenvalue weighted by Gasteiger charge is -2.26. The maximum absolute atomic E-state index is 12.7. The Morgan fingerprint density at radius 1 is 1.44 bits per heavy atom. The van der Waals surface area contributed by atoms with Crippen LogP contribution in [-0.4, -0.2) is 62.1 Å². The van der Waals surface area contributed by atoms with Gasteiger partial charge in [0.15, 0.2) is 0 Å². The van der Waals surface area contributed by atoms with Crippen LogP contribution in [-0.2, 0) is 19.6 Å². The second-order valence-corrected chi connectivity index (χ2v) is 8.18. The molecule has 25 heavy (non-hydrogen) atoms. The Hall–Kier alpha value is -1.75. The van der Waals surface area contributed by atoms with Crippen LogP contribution in [0.4, 0.5) is 0 Å². The molecule has 1 saturated heterocycles. The molecule has 2 N–H and O–H groups in total. The van der Waals surface area contributed by atoms with Crippen LogP contribution in [0.15, 0.2) is 29.0 Å². The van der Waals surface area contributed by atoms with Gasteiger partial charge in [-0.2, -0.15) is 4.31 Å². The maximum Gasteiger partial charge on any atom is 0.326 e. The second-order valence-electron chi connectivity index (χ2n) is 5.36. The van der Waals surface area contributed by atoms with E-state index in [1.54, 1.807) is 6.08 Å². The average molecular weight is 388 g/mol. The Morgan fingerprint density at radius 3 is 2.72 bits per heavy atom. The Balaban J connectivity index is 2.20. The van der Waals surface area contributed by atoms with Gasteiger partial charge in [-0.05, 0) is 24.3 Å². The molecular formula is C15H20N2O6S2. The summed E-state index contributed by atoms with van der Waals surface area (Å²) >= 11 is 0.964. The van der Waals surface area contributed by atoms with Crippen LogP contribution in [0.5, 0.6) is 0 Å². The van der Waals surface area contributed by atoms with E-state index in [2.05, 4.69) is 11.9 Å². The highest BCUT2D eigenvalue weighted by Crippen LogP contribution is 2.26. The molecule has 1 atom stereocenters. The van der Waals surface area contributed by atoms with Crippen molar-refractivity contribution in [2.45, 2.75) is 23.8 Å². The fourth-order valence-corrected chi connectivity index (χ4v) is 5.07. The van der Waals surface area contributed by atoms with Crippen molar-refractivity contribution in [2.24, 2.45) is 0 Å². The fraction of sp³-hybridized carbons (Fsp3) is 0.467. The van der Waals surface area contributed by atoms with Crippen LogP contribution in [0.1, 0.15) is 22.5 Å².